The first-order valence-electron chi connectivity index (χ1n) is 4.15. The molecule has 0 heterocycles. The molecule has 1 atom stereocenters. The zero-order chi connectivity index (χ0) is 8.69. The van der Waals surface area contributed by atoms with Crippen LogP contribution in [0.25, 0.3) is 0 Å². The van der Waals surface area contributed by atoms with Gasteiger partial charge in [-0.15, -0.1) is 0 Å². The Morgan fingerprint density at radius 1 is 1.50 bits per heavy atom. The van der Waals surface area contributed by atoms with Gasteiger partial charge in [0.05, 0.1) is 5.92 Å². The number of aliphatic carboxylic acids is 1. The smallest absolute Gasteiger partial charge is 0.306 e. The highest BCUT2D eigenvalue weighted by molar-refractivity contribution is 5.69. The molecule has 0 aliphatic heterocycles. The number of hydrogen-bond donors (Lipinski definition) is 3. The molecule has 6 N–H and O–H groups in total. The fourth-order valence-electron chi connectivity index (χ4n) is 1.04. The molecule has 74 valence electrons. The van der Waals surface area contributed by atoms with Crippen molar-refractivity contribution in [1.29, 1.82) is 0 Å². The van der Waals surface area contributed by atoms with Crippen molar-refractivity contribution in [3.05, 3.63) is 0 Å². The van der Waals surface area contributed by atoms with Crippen LogP contribution in [0.1, 0.15) is 32.6 Å². The van der Waals surface area contributed by atoms with E-state index >= 15 is 0 Å². The topological polar surface area (TPSA) is 98.3 Å². The molecule has 0 aliphatic rings. The highest BCUT2D eigenvalue weighted by Crippen LogP contribution is 2.11. The molecule has 0 saturated carbocycles. The van der Waals surface area contributed by atoms with Crippen LogP contribution < -0.4 is 11.9 Å². The van der Waals surface area contributed by atoms with Gasteiger partial charge in [0.25, 0.3) is 0 Å². The van der Waals surface area contributed by atoms with Gasteiger partial charge in [0.2, 0.25) is 0 Å². The minimum Gasteiger partial charge on any atom is -0.481 e. The summed E-state index contributed by atoms with van der Waals surface area (Å²) >= 11 is 0. The Kier molecular flexibility index (Phi) is 9.86. The van der Waals surface area contributed by atoms with E-state index < -0.39 is 5.97 Å². The Hall–Kier alpha value is -0.610. The number of rotatable bonds is 6. The summed E-state index contributed by atoms with van der Waals surface area (Å²) in [5, 5.41) is 8.64. The van der Waals surface area contributed by atoms with Crippen LogP contribution in [0.15, 0.2) is 0 Å². The van der Waals surface area contributed by atoms with Crippen molar-refractivity contribution in [2.45, 2.75) is 32.6 Å². The van der Waals surface area contributed by atoms with Crippen molar-refractivity contribution in [1.82, 2.24) is 6.15 Å². The normalized spacial score (nSPS) is 11.8. The van der Waals surface area contributed by atoms with E-state index in [-0.39, 0.29) is 12.1 Å². The predicted molar refractivity (Wildman–Crippen MR) is 49.3 cm³/mol. The monoisotopic (exact) mass is 176 g/mol. The second-order valence-corrected chi connectivity index (χ2v) is 2.73. The van der Waals surface area contributed by atoms with E-state index in [0.717, 1.165) is 25.7 Å². The van der Waals surface area contributed by atoms with E-state index in [4.69, 9.17) is 10.8 Å². The van der Waals surface area contributed by atoms with E-state index in [0.29, 0.717) is 6.54 Å². The van der Waals surface area contributed by atoms with Gasteiger partial charge in [-0.25, -0.2) is 0 Å². The van der Waals surface area contributed by atoms with Gasteiger partial charge < -0.3 is 17.0 Å². The fourth-order valence-corrected chi connectivity index (χ4v) is 1.04. The number of carbonyl (C=O) groups is 1. The molecule has 4 nitrogen and oxygen atoms in total. The van der Waals surface area contributed by atoms with Gasteiger partial charge in [0.1, 0.15) is 0 Å². The molecule has 0 fully saturated rings. The zero-order valence-corrected chi connectivity index (χ0v) is 7.75. The van der Waals surface area contributed by atoms with Gasteiger partial charge in [-0.05, 0) is 25.8 Å². The van der Waals surface area contributed by atoms with Crippen LogP contribution in [0.4, 0.5) is 0 Å². The summed E-state index contributed by atoms with van der Waals surface area (Å²) in [6.45, 7) is 2.57. The van der Waals surface area contributed by atoms with Crippen LogP contribution in [-0.4, -0.2) is 17.6 Å². The lowest BCUT2D eigenvalue weighted by Gasteiger charge is -2.07. The van der Waals surface area contributed by atoms with E-state index in [2.05, 4.69) is 0 Å². The van der Waals surface area contributed by atoms with Crippen LogP contribution in [0.5, 0.6) is 0 Å². The summed E-state index contributed by atoms with van der Waals surface area (Å²) in [6.07, 6.45) is 3.36. The lowest BCUT2D eigenvalue weighted by atomic mass is 10.00. The van der Waals surface area contributed by atoms with Crippen molar-refractivity contribution >= 4 is 5.97 Å². The summed E-state index contributed by atoms with van der Waals surface area (Å²) in [4.78, 5) is 10.5. The molecule has 1 unspecified atom stereocenters. The Bertz CT molecular complexity index is 118. The van der Waals surface area contributed by atoms with Crippen molar-refractivity contribution in [2.24, 2.45) is 11.7 Å². The first-order chi connectivity index (χ1) is 5.22. The van der Waals surface area contributed by atoms with Crippen LogP contribution in [0.2, 0.25) is 0 Å². The van der Waals surface area contributed by atoms with Crippen LogP contribution in [0.3, 0.4) is 0 Å². The minimum absolute atomic E-state index is 0. The van der Waals surface area contributed by atoms with Crippen LogP contribution >= 0.6 is 0 Å². The molecule has 0 bridgehead atoms. The molecule has 0 rings (SSSR count). The Balaban J connectivity index is 0. The lowest BCUT2D eigenvalue weighted by molar-refractivity contribution is -0.142. The standard InChI is InChI=1S/C8H17NO2.H3N/c1-2-7(8(10)11)5-3-4-6-9;/h7H,2-6,9H2,1H3,(H,10,11);1H3. The molecule has 0 aromatic rings. The molecule has 0 saturated heterocycles. The average Bonchev–Trinajstić information content (AvgIpc) is 1.97. The van der Waals surface area contributed by atoms with Crippen molar-refractivity contribution in [3.8, 4) is 0 Å². The second-order valence-electron chi connectivity index (χ2n) is 2.73. The molecule has 12 heavy (non-hydrogen) atoms. The summed E-state index contributed by atoms with van der Waals surface area (Å²) in [6, 6.07) is 0. The molecule has 0 aromatic heterocycles. The third kappa shape index (κ3) is 6.12. The first kappa shape index (κ1) is 13.9. The maximum absolute atomic E-state index is 10.5. The van der Waals surface area contributed by atoms with Crippen molar-refractivity contribution < 1.29 is 9.90 Å². The zero-order valence-electron chi connectivity index (χ0n) is 7.75. The Morgan fingerprint density at radius 3 is 2.42 bits per heavy atom. The minimum atomic E-state index is -0.676. The van der Waals surface area contributed by atoms with Gasteiger partial charge in [-0.2, -0.15) is 0 Å². The summed E-state index contributed by atoms with van der Waals surface area (Å²) < 4.78 is 0. The summed E-state index contributed by atoms with van der Waals surface area (Å²) in [5.74, 6) is -0.842. The number of hydrogen-bond acceptors (Lipinski definition) is 3. The first-order valence-corrected chi connectivity index (χ1v) is 4.15. The highest BCUT2D eigenvalue weighted by Gasteiger charge is 2.13. The highest BCUT2D eigenvalue weighted by atomic mass is 16.4. The Labute approximate surface area is 73.7 Å². The lowest BCUT2D eigenvalue weighted by Crippen LogP contribution is -2.12. The van der Waals surface area contributed by atoms with Gasteiger partial charge in [0.15, 0.2) is 0 Å². The van der Waals surface area contributed by atoms with Crippen molar-refractivity contribution in [2.75, 3.05) is 6.54 Å². The molecular formula is C8H20N2O2. The van der Waals surface area contributed by atoms with Gasteiger partial charge in [-0.3, -0.25) is 4.79 Å². The van der Waals surface area contributed by atoms with Crippen molar-refractivity contribution in [3.63, 3.8) is 0 Å². The van der Waals surface area contributed by atoms with E-state index in [1.54, 1.807) is 0 Å². The largest absolute Gasteiger partial charge is 0.481 e. The number of carboxylic acid groups (broad SMARTS) is 1. The molecule has 4 heteroatoms. The predicted octanol–water partition coefficient (Wildman–Crippen LogP) is 1.39. The Morgan fingerprint density at radius 2 is 2.08 bits per heavy atom. The number of unbranched alkanes of at least 4 members (excludes halogenated alkanes) is 1. The van der Waals surface area contributed by atoms with Gasteiger partial charge in [-0.1, -0.05) is 13.3 Å². The van der Waals surface area contributed by atoms with Crippen LogP contribution in [-0.2, 0) is 4.79 Å². The maximum atomic E-state index is 10.5. The van der Waals surface area contributed by atoms with Crippen LogP contribution in [0, 0.1) is 5.92 Å². The molecule has 0 aliphatic carbocycles. The van der Waals surface area contributed by atoms with E-state index in [1.165, 1.54) is 0 Å². The SMILES string of the molecule is CCC(CCCCN)C(=O)O.N. The quantitative estimate of drug-likeness (QED) is 0.532. The van der Waals surface area contributed by atoms with E-state index in [9.17, 15) is 4.79 Å². The number of nitrogens with two attached hydrogens (primary N) is 1. The average molecular weight is 176 g/mol. The summed E-state index contributed by atoms with van der Waals surface area (Å²) in [5.41, 5.74) is 5.28. The molecule has 0 amide bonds. The fraction of sp³-hybridized carbons (Fsp3) is 0.875. The number of carboxylic acids is 1. The van der Waals surface area contributed by atoms with Gasteiger partial charge in [0, 0.05) is 0 Å². The molecule has 0 radical (unpaired) electrons. The molecular weight excluding hydrogens is 156 g/mol. The van der Waals surface area contributed by atoms with Gasteiger partial charge >= 0.3 is 5.97 Å². The third-order valence-electron chi connectivity index (χ3n) is 1.85. The third-order valence-corrected chi connectivity index (χ3v) is 1.85. The molecule has 0 aromatic carbocycles. The maximum Gasteiger partial charge on any atom is 0.306 e. The van der Waals surface area contributed by atoms with E-state index in [1.807, 2.05) is 6.92 Å². The summed E-state index contributed by atoms with van der Waals surface area (Å²) in [7, 11) is 0. The second kappa shape index (κ2) is 8.49. The molecule has 0 spiro atoms.